The Morgan fingerprint density at radius 1 is 1.05 bits per heavy atom. The van der Waals surface area contributed by atoms with Crippen molar-refractivity contribution in [2.24, 2.45) is 0 Å². The highest BCUT2D eigenvalue weighted by Gasteiger charge is 2.02. The van der Waals surface area contributed by atoms with Gasteiger partial charge in [0.15, 0.2) is 5.78 Å². The smallest absolute Gasteiger partial charge is 0.174 e. The first-order valence-electron chi connectivity index (χ1n) is 6.01. The standard InChI is InChI=1S/C17H14O2/c1-19-17-13-6-5-10-15(17)11-7-12-16(18)14-8-3-2-4-9-14/h2-6,8-10,13H,12H2,1H3. The molecule has 0 atom stereocenters. The average Bonchev–Trinajstić information content (AvgIpc) is 2.48. The second kappa shape index (κ2) is 6.42. The fraction of sp³-hybridized carbons (Fsp3) is 0.118. The molecule has 0 aliphatic rings. The highest BCUT2D eigenvalue weighted by Crippen LogP contribution is 2.15. The number of hydrogen-bond donors (Lipinski definition) is 0. The van der Waals surface area contributed by atoms with Crippen LogP contribution >= 0.6 is 0 Å². The molecule has 0 aliphatic carbocycles. The Hall–Kier alpha value is -2.53. The van der Waals surface area contributed by atoms with Gasteiger partial charge in [0, 0.05) is 5.56 Å². The Bertz CT molecular complexity index is 618. The maximum Gasteiger partial charge on any atom is 0.174 e. The van der Waals surface area contributed by atoms with Crippen LogP contribution in [0.5, 0.6) is 5.75 Å². The summed E-state index contributed by atoms with van der Waals surface area (Å²) in [5.41, 5.74) is 1.49. The van der Waals surface area contributed by atoms with Crippen LogP contribution in [0.3, 0.4) is 0 Å². The minimum atomic E-state index is 0.0306. The second-order valence-corrected chi connectivity index (χ2v) is 3.97. The molecule has 0 spiro atoms. The number of ether oxygens (including phenoxy) is 1. The molecule has 0 amide bonds. The minimum absolute atomic E-state index is 0.0306. The molecule has 0 saturated carbocycles. The lowest BCUT2D eigenvalue weighted by Gasteiger charge is -2.00. The first kappa shape index (κ1) is 12.9. The van der Waals surface area contributed by atoms with Gasteiger partial charge in [-0.2, -0.15) is 0 Å². The number of ketones is 1. The minimum Gasteiger partial charge on any atom is -0.495 e. The zero-order valence-electron chi connectivity index (χ0n) is 10.7. The molecule has 0 aliphatic heterocycles. The van der Waals surface area contributed by atoms with Gasteiger partial charge in [-0.3, -0.25) is 4.79 Å². The number of carbonyl (C=O) groups is 1. The molecule has 0 N–H and O–H groups in total. The zero-order chi connectivity index (χ0) is 13.5. The summed E-state index contributed by atoms with van der Waals surface area (Å²) in [6.45, 7) is 0. The van der Waals surface area contributed by atoms with Gasteiger partial charge in [-0.1, -0.05) is 54.3 Å². The largest absolute Gasteiger partial charge is 0.495 e. The van der Waals surface area contributed by atoms with Crippen molar-refractivity contribution in [1.29, 1.82) is 0 Å². The third kappa shape index (κ3) is 3.46. The molecule has 2 aromatic rings. The summed E-state index contributed by atoms with van der Waals surface area (Å²) >= 11 is 0. The van der Waals surface area contributed by atoms with E-state index in [-0.39, 0.29) is 12.2 Å². The van der Waals surface area contributed by atoms with Gasteiger partial charge in [0.1, 0.15) is 5.75 Å². The van der Waals surface area contributed by atoms with Crippen LogP contribution in [-0.2, 0) is 0 Å². The van der Waals surface area contributed by atoms with Gasteiger partial charge in [-0.05, 0) is 12.1 Å². The van der Waals surface area contributed by atoms with Crippen LogP contribution in [0.1, 0.15) is 22.3 Å². The fourth-order valence-electron chi connectivity index (χ4n) is 1.69. The molecule has 0 heterocycles. The van der Waals surface area contributed by atoms with Crippen LogP contribution < -0.4 is 4.74 Å². The van der Waals surface area contributed by atoms with E-state index in [1.807, 2.05) is 42.5 Å². The van der Waals surface area contributed by atoms with Crippen molar-refractivity contribution in [3.8, 4) is 17.6 Å². The predicted octanol–water partition coefficient (Wildman–Crippen LogP) is 3.32. The molecule has 2 heteroatoms. The molecule has 2 nitrogen and oxygen atoms in total. The molecule has 0 saturated heterocycles. The van der Waals surface area contributed by atoms with Crippen LogP contribution in [0, 0.1) is 11.8 Å². The topological polar surface area (TPSA) is 26.3 Å². The molecule has 0 aromatic heterocycles. The number of rotatable bonds is 3. The van der Waals surface area contributed by atoms with Crippen LogP contribution in [0.15, 0.2) is 54.6 Å². The summed E-state index contributed by atoms with van der Waals surface area (Å²) in [4.78, 5) is 11.9. The van der Waals surface area contributed by atoms with Gasteiger partial charge in [0.05, 0.1) is 19.1 Å². The maximum atomic E-state index is 11.9. The number of Topliss-reactive ketones (excluding diaryl/α,β-unsaturated/α-hetero) is 1. The van der Waals surface area contributed by atoms with E-state index in [0.717, 1.165) is 11.3 Å². The highest BCUT2D eigenvalue weighted by atomic mass is 16.5. The number of para-hydroxylation sites is 1. The summed E-state index contributed by atoms with van der Waals surface area (Å²) in [5.74, 6) is 6.62. The van der Waals surface area contributed by atoms with E-state index >= 15 is 0 Å². The lowest BCUT2D eigenvalue weighted by Crippen LogP contribution is -1.96. The van der Waals surface area contributed by atoms with Crippen molar-refractivity contribution < 1.29 is 9.53 Å². The number of hydrogen-bond acceptors (Lipinski definition) is 2. The van der Waals surface area contributed by atoms with E-state index in [1.165, 1.54) is 0 Å². The molecular weight excluding hydrogens is 236 g/mol. The Balaban J connectivity index is 2.07. The van der Waals surface area contributed by atoms with Gasteiger partial charge < -0.3 is 4.74 Å². The number of methoxy groups -OCH3 is 1. The van der Waals surface area contributed by atoms with Crippen LogP contribution in [0.2, 0.25) is 0 Å². The average molecular weight is 250 g/mol. The lowest BCUT2D eigenvalue weighted by molar-refractivity contribution is 0.0998. The summed E-state index contributed by atoms with van der Waals surface area (Å²) in [5, 5.41) is 0. The van der Waals surface area contributed by atoms with Crippen LogP contribution in [0.25, 0.3) is 0 Å². The monoisotopic (exact) mass is 250 g/mol. The van der Waals surface area contributed by atoms with E-state index in [9.17, 15) is 4.79 Å². The van der Waals surface area contributed by atoms with E-state index < -0.39 is 0 Å². The molecule has 0 unspecified atom stereocenters. The van der Waals surface area contributed by atoms with Crippen molar-refractivity contribution in [2.75, 3.05) is 7.11 Å². The zero-order valence-corrected chi connectivity index (χ0v) is 10.7. The summed E-state index contributed by atoms with van der Waals surface area (Å²) < 4.78 is 5.20. The molecule has 0 radical (unpaired) electrons. The Kier molecular flexibility index (Phi) is 4.36. The molecule has 19 heavy (non-hydrogen) atoms. The normalized spacial score (nSPS) is 9.32. The van der Waals surface area contributed by atoms with Gasteiger partial charge in [-0.15, -0.1) is 0 Å². The SMILES string of the molecule is COc1ccccc1C#CCC(=O)c1ccccc1. The van der Waals surface area contributed by atoms with Crippen LogP contribution in [0.4, 0.5) is 0 Å². The van der Waals surface area contributed by atoms with Crippen molar-refractivity contribution >= 4 is 5.78 Å². The summed E-state index contributed by atoms with van der Waals surface area (Å²) in [6.07, 6.45) is 0.210. The fourth-order valence-corrected chi connectivity index (χ4v) is 1.69. The molecule has 2 aromatic carbocycles. The molecule has 94 valence electrons. The van der Waals surface area contributed by atoms with Crippen molar-refractivity contribution in [3.63, 3.8) is 0 Å². The van der Waals surface area contributed by atoms with E-state index in [4.69, 9.17) is 4.74 Å². The number of carbonyl (C=O) groups excluding carboxylic acids is 1. The van der Waals surface area contributed by atoms with E-state index in [0.29, 0.717) is 5.56 Å². The third-order valence-electron chi connectivity index (χ3n) is 2.67. The molecule has 2 rings (SSSR count). The Morgan fingerprint density at radius 2 is 1.74 bits per heavy atom. The van der Waals surface area contributed by atoms with Gasteiger partial charge in [0.25, 0.3) is 0 Å². The Morgan fingerprint density at radius 3 is 2.47 bits per heavy atom. The molecular formula is C17H14O2. The summed E-state index contributed by atoms with van der Waals surface area (Å²) in [7, 11) is 1.61. The quantitative estimate of drug-likeness (QED) is 0.617. The van der Waals surface area contributed by atoms with E-state index in [1.54, 1.807) is 19.2 Å². The molecule has 0 fully saturated rings. The van der Waals surface area contributed by atoms with Crippen molar-refractivity contribution in [3.05, 3.63) is 65.7 Å². The van der Waals surface area contributed by atoms with Gasteiger partial charge in [0.2, 0.25) is 0 Å². The maximum absolute atomic E-state index is 11.9. The Labute approximate surface area is 113 Å². The first-order chi connectivity index (χ1) is 9.31. The van der Waals surface area contributed by atoms with E-state index in [2.05, 4.69) is 11.8 Å². The highest BCUT2D eigenvalue weighted by molar-refractivity contribution is 5.97. The predicted molar refractivity (Wildman–Crippen MR) is 75.3 cm³/mol. The second-order valence-electron chi connectivity index (χ2n) is 3.97. The first-order valence-corrected chi connectivity index (χ1v) is 6.01. The van der Waals surface area contributed by atoms with Gasteiger partial charge in [-0.25, -0.2) is 0 Å². The summed E-state index contributed by atoms with van der Waals surface area (Å²) in [6, 6.07) is 16.7. The van der Waals surface area contributed by atoms with Gasteiger partial charge >= 0.3 is 0 Å². The van der Waals surface area contributed by atoms with Crippen molar-refractivity contribution in [1.82, 2.24) is 0 Å². The third-order valence-corrected chi connectivity index (χ3v) is 2.67. The lowest BCUT2D eigenvalue weighted by atomic mass is 10.1. The van der Waals surface area contributed by atoms with Crippen LogP contribution in [-0.4, -0.2) is 12.9 Å². The molecule has 0 bridgehead atoms. The number of benzene rings is 2. The van der Waals surface area contributed by atoms with Crippen molar-refractivity contribution in [2.45, 2.75) is 6.42 Å².